The molecule has 6 rings (SSSR count). The third-order valence-corrected chi connectivity index (χ3v) is 9.70. The van der Waals surface area contributed by atoms with Crippen molar-refractivity contribution in [3.8, 4) is 22.7 Å². The molecule has 1 saturated carbocycles. The van der Waals surface area contributed by atoms with Crippen molar-refractivity contribution in [2.24, 2.45) is 11.7 Å². The Balaban J connectivity index is 1.27. The van der Waals surface area contributed by atoms with Crippen LogP contribution in [0.5, 0.6) is 5.75 Å². The molecule has 6 N–H and O–H groups in total. The van der Waals surface area contributed by atoms with E-state index in [9.17, 15) is 18.0 Å². The molecule has 0 amide bonds. The van der Waals surface area contributed by atoms with Gasteiger partial charge in [0, 0.05) is 53.4 Å². The van der Waals surface area contributed by atoms with E-state index in [1.54, 1.807) is 26.2 Å². The van der Waals surface area contributed by atoms with Crippen LogP contribution in [0, 0.1) is 17.1 Å². The Hall–Kier alpha value is -4.23. The Morgan fingerprint density at radius 3 is 2.69 bits per heavy atom. The van der Waals surface area contributed by atoms with Gasteiger partial charge in [-0.2, -0.15) is 18.2 Å². The standard InChI is InChI=1S/C36H43F4N7O2/c1-20(41)43-14-13-24-6-4-8-30(44-24)26-12-11-25(18-32(26)49-2)47-19-23-17-31(45-34(23)46-35(47)48)27-15-21(5-3-7-29(42)22-9-10-22)16-28(33(27)37)36(38,39)40/h11-12,15-19,22,24,29-30,44H,3-10,13-14,42H2,1-2H3,(H2,41,43)(H,45,46,48)/t24-,29+,30-/m0/s1. The number of methoxy groups -OCH3 is 1. The Kier molecular flexibility index (Phi) is 10.1. The molecular formula is C36H43F4N7O2. The number of hydrogen-bond acceptors (Lipinski definition) is 6. The molecule has 1 saturated heterocycles. The second-order valence-electron chi connectivity index (χ2n) is 13.4. The maximum atomic E-state index is 15.5. The third-order valence-electron chi connectivity index (χ3n) is 9.70. The summed E-state index contributed by atoms with van der Waals surface area (Å²) in [6.45, 7) is 2.43. The van der Waals surface area contributed by atoms with E-state index in [2.05, 4.69) is 20.6 Å². The summed E-state index contributed by atoms with van der Waals surface area (Å²) in [5.41, 5.74) is 6.06. The fraction of sp³-hybridized carbons (Fsp3) is 0.472. The molecule has 0 spiro atoms. The van der Waals surface area contributed by atoms with Crippen molar-refractivity contribution in [1.82, 2.24) is 25.2 Å². The highest BCUT2D eigenvalue weighted by atomic mass is 19.4. The van der Waals surface area contributed by atoms with E-state index < -0.39 is 23.2 Å². The number of fused-ring (bicyclic) bond motifs is 1. The Morgan fingerprint density at radius 2 is 1.98 bits per heavy atom. The number of aromatic nitrogens is 3. The van der Waals surface area contributed by atoms with Crippen molar-refractivity contribution in [2.75, 3.05) is 13.7 Å². The van der Waals surface area contributed by atoms with Gasteiger partial charge in [0.05, 0.1) is 29.9 Å². The van der Waals surface area contributed by atoms with Crippen LogP contribution in [0.15, 0.2) is 47.4 Å². The summed E-state index contributed by atoms with van der Waals surface area (Å²) in [6.07, 6.45) is 4.32. The second-order valence-corrected chi connectivity index (χ2v) is 13.4. The van der Waals surface area contributed by atoms with Gasteiger partial charge in [0.15, 0.2) is 0 Å². The van der Waals surface area contributed by atoms with E-state index in [4.69, 9.17) is 15.9 Å². The minimum absolute atomic E-state index is 0.0260. The number of alkyl halides is 3. The number of amidine groups is 1. The Labute approximate surface area is 282 Å². The average molecular weight is 682 g/mol. The van der Waals surface area contributed by atoms with Crippen LogP contribution in [-0.4, -0.2) is 46.1 Å². The quantitative estimate of drug-likeness (QED) is 0.0637. The first-order valence-electron chi connectivity index (χ1n) is 16.9. The minimum Gasteiger partial charge on any atom is -0.496 e. The number of hydrogen-bond donors (Lipinski definition) is 5. The number of benzene rings is 2. The molecule has 2 aliphatic rings. The summed E-state index contributed by atoms with van der Waals surface area (Å²) in [5.74, 6) is 0.144. The number of aryl methyl sites for hydroxylation is 1. The SMILES string of the molecule is COc1cc(-n2cc3cc(-c4cc(CCC[C@@H](N)C5CC5)cc(C(F)(F)F)c4F)[nH]c3nc2=O)ccc1[C@@H]1CCC[C@@H](CCNC(C)=N)N1. The van der Waals surface area contributed by atoms with Crippen LogP contribution in [0.25, 0.3) is 28.0 Å². The Morgan fingerprint density at radius 1 is 1.18 bits per heavy atom. The number of nitrogens with two attached hydrogens (primary N) is 1. The summed E-state index contributed by atoms with van der Waals surface area (Å²) in [5, 5.41) is 14.8. The van der Waals surface area contributed by atoms with Crippen LogP contribution in [0.4, 0.5) is 17.6 Å². The molecule has 49 heavy (non-hydrogen) atoms. The number of nitrogens with one attached hydrogen (secondary N) is 4. The number of ether oxygens (including phenoxy) is 1. The van der Waals surface area contributed by atoms with Crippen LogP contribution in [-0.2, 0) is 12.6 Å². The first-order valence-corrected chi connectivity index (χ1v) is 16.9. The largest absolute Gasteiger partial charge is 0.496 e. The van der Waals surface area contributed by atoms with Crippen LogP contribution < -0.4 is 26.8 Å². The van der Waals surface area contributed by atoms with Gasteiger partial charge in [0.1, 0.15) is 17.2 Å². The summed E-state index contributed by atoms with van der Waals surface area (Å²) >= 11 is 0. The monoisotopic (exact) mass is 681 g/mol. The van der Waals surface area contributed by atoms with E-state index in [1.165, 1.54) is 22.9 Å². The maximum absolute atomic E-state index is 15.5. The van der Waals surface area contributed by atoms with Gasteiger partial charge < -0.3 is 26.1 Å². The number of halogens is 4. The number of piperidine rings is 1. The number of nitrogens with zero attached hydrogens (tertiary/aromatic N) is 2. The molecule has 0 bridgehead atoms. The molecule has 2 aromatic carbocycles. The van der Waals surface area contributed by atoms with Gasteiger partial charge in [-0.1, -0.05) is 12.5 Å². The molecule has 4 aromatic rings. The molecule has 9 nitrogen and oxygen atoms in total. The summed E-state index contributed by atoms with van der Waals surface area (Å²) < 4.78 is 64.4. The molecule has 1 aliphatic heterocycles. The molecule has 2 fully saturated rings. The predicted molar refractivity (Wildman–Crippen MR) is 182 cm³/mol. The first kappa shape index (κ1) is 34.6. The van der Waals surface area contributed by atoms with E-state index in [0.717, 1.165) is 50.2 Å². The third kappa shape index (κ3) is 7.99. The van der Waals surface area contributed by atoms with E-state index in [0.29, 0.717) is 59.9 Å². The predicted octanol–water partition coefficient (Wildman–Crippen LogP) is 6.77. The molecular weight excluding hydrogens is 638 g/mol. The van der Waals surface area contributed by atoms with Gasteiger partial charge in [-0.15, -0.1) is 0 Å². The van der Waals surface area contributed by atoms with Crippen molar-refractivity contribution in [1.29, 1.82) is 5.41 Å². The minimum atomic E-state index is -4.88. The molecule has 3 heterocycles. The average Bonchev–Trinajstić information content (AvgIpc) is 3.84. The molecule has 1 aliphatic carbocycles. The van der Waals surface area contributed by atoms with E-state index in [-0.39, 0.29) is 35.0 Å². The normalized spacial score (nSPS) is 18.8. The number of aromatic amines is 1. The van der Waals surface area contributed by atoms with Crippen LogP contribution in [0.1, 0.15) is 81.0 Å². The lowest BCUT2D eigenvalue weighted by molar-refractivity contribution is -0.140. The highest BCUT2D eigenvalue weighted by molar-refractivity contribution is 5.83. The number of H-pyrrole nitrogens is 1. The fourth-order valence-electron chi connectivity index (χ4n) is 6.92. The molecule has 13 heteroatoms. The lowest BCUT2D eigenvalue weighted by atomic mass is 9.91. The van der Waals surface area contributed by atoms with Crippen molar-refractivity contribution >= 4 is 16.9 Å². The molecule has 0 radical (unpaired) electrons. The summed E-state index contributed by atoms with van der Waals surface area (Å²) in [7, 11) is 1.57. The van der Waals surface area contributed by atoms with Crippen molar-refractivity contribution in [2.45, 2.75) is 89.0 Å². The van der Waals surface area contributed by atoms with Crippen LogP contribution in [0.3, 0.4) is 0 Å². The molecule has 262 valence electrons. The Bertz CT molecular complexity index is 1880. The van der Waals surface area contributed by atoms with Gasteiger partial charge in [-0.25, -0.2) is 9.18 Å². The van der Waals surface area contributed by atoms with Gasteiger partial charge in [0.2, 0.25) is 0 Å². The lowest BCUT2D eigenvalue weighted by Crippen LogP contribution is -2.39. The zero-order valence-electron chi connectivity index (χ0n) is 27.7. The second kappa shape index (κ2) is 14.3. The topological polar surface area (TPSA) is 134 Å². The summed E-state index contributed by atoms with van der Waals surface area (Å²) in [6, 6.07) is 9.67. The highest BCUT2D eigenvalue weighted by Gasteiger charge is 2.36. The zero-order valence-corrected chi connectivity index (χ0v) is 27.7. The van der Waals surface area contributed by atoms with Gasteiger partial charge in [-0.3, -0.25) is 9.98 Å². The fourth-order valence-corrected chi connectivity index (χ4v) is 6.92. The van der Waals surface area contributed by atoms with E-state index >= 15 is 4.39 Å². The molecule has 3 atom stereocenters. The summed E-state index contributed by atoms with van der Waals surface area (Å²) in [4.78, 5) is 20.2. The molecule has 0 unspecified atom stereocenters. The van der Waals surface area contributed by atoms with Crippen molar-refractivity contribution < 1.29 is 22.3 Å². The first-order chi connectivity index (χ1) is 23.4. The van der Waals surface area contributed by atoms with Gasteiger partial charge in [-0.05, 0) is 94.0 Å². The van der Waals surface area contributed by atoms with Crippen LogP contribution in [0.2, 0.25) is 0 Å². The van der Waals surface area contributed by atoms with Gasteiger partial charge >= 0.3 is 11.9 Å². The number of rotatable bonds is 12. The smallest absolute Gasteiger partial charge is 0.419 e. The lowest BCUT2D eigenvalue weighted by Gasteiger charge is -2.32. The van der Waals surface area contributed by atoms with Crippen molar-refractivity contribution in [3.05, 3.63) is 75.6 Å². The maximum Gasteiger partial charge on any atom is 0.419 e. The van der Waals surface area contributed by atoms with Crippen LogP contribution >= 0.6 is 0 Å². The zero-order chi connectivity index (χ0) is 34.9. The van der Waals surface area contributed by atoms with Crippen molar-refractivity contribution in [3.63, 3.8) is 0 Å². The molecule has 2 aromatic heterocycles. The van der Waals surface area contributed by atoms with E-state index in [1.807, 2.05) is 6.07 Å². The highest BCUT2D eigenvalue weighted by Crippen LogP contribution is 2.39. The van der Waals surface area contributed by atoms with Gasteiger partial charge in [0.25, 0.3) is 0 Å².